The lowest BCUT2D eigenvalue weighted by molar-refractivity contribution is -0.0221. The number of carbonyl (C=O) groups is 1. The van der Waals surface area contributed by atoms with Gasteiger partial charge in [-0.3, -0.25) is 14.1 Å². The van der Waals surface area contributed by atoms with Gasteiger partial charge in [0.25, 0.3) is 29.2 Å². The molecule has 2 aliphatic heterocycles. The van der Waals surface area contributed by atoms with E-state index in [-0.39, 0.29) is 74.5 Å². The van der Waals surface area contributed by atoms with Gasteiger partial charge in [0.15, 0.2) is 0 Å². The molecule has 36 heavy (non-hydrogen) atoms. The zero-order valence-corrected chi connectivity index (χ0v) is 20.0. The first kappa shape index (κ1) is 25.9. The Balaban J connectivity index is 1.55. The molecule has 8 nitrogen and oxygen atoms in total. The first-order chi connectivity index (χ1) is 17.1. The van der Waals surface area contributed by atoms with Crippen LogP contribution in [0.5, 0.6) is 0 Å². The summed E-state index contributed by atoms with van der Waals surface area (Å²) in [6.07, 6.45) is -1.97. The summed E-state index contributed by atoms with van der Waals surface area (Å²) in [5.41, 5.74) is 0.986. The lowest BCUT2D eigenvalue weighted by atomic mass is 10.0. The minimum Gasteiger partial charge on any atom is -0.370 e. The molecule has 0 radical (unpaired) electrons. The molecule has 2 aliphatic rings. The third kappa shape index (κ3) is 6.32. The van der Waals surface area contributed by atoms with Gasteiger partial charge in [-0.05, 0) is 48.7 Å². The molecule has 2 saturated heterocycles. The Labute approximate surface area is 207 Å². The fourth-order valence-electron chi connectivity index (χ4n) is 4.27. The molecule has 0 spiro atoms. The van der Waals surface area contributed by atoms with Crippen molar-refractivity contribution in [2.24, 2.45) is 0 Å². The smallest absolute Gasteiger partial charge is 0.269 e. The minimum atomic E-state index is -2.69. The number of hydrogen-bond acceptors (Lipinski definition) is 5. The number of amides is 1. The number of pyridine rings is 1. The predicted molar refractivity (Wildman–Crippen MR) is 130 cm³/mol. The van der Waals surface area contributed by atoms with Gasteiger partial charge in [0.2, 0.25) is 0 Å². The first-order valence-electron chi connectivity index (χ1n) is 11.3. The molecule has 1 aromatic carbocycles. The minimum absolute atomic E-state index is 0.0690. The number of nitrogens with zero attached hydrogens (tertiary/aromatic N) is 3. The van der Waals surface area contributed by atoms with Crippen molar-refractivity contribution in [2.75, 3.05) is 46.0 Å². The van der Waals surface area contributed by atoms with E-state index in [2.05, 4.69) is 15.0 Å². The summed E-state index contributed by atoms with van der Waals surface area (Å²) < 4.78 is 75.7. The van der Waals surface area contributed by atoms with Crippen molar-refractivity contribution >= 4 is 40.2 Å². The van der Waals surface area contributed by atoms with Gasteiger partial charge in [0.05, 0.1) is 16.9 Å². The molecule has 1 aromatic heterocycles. The standard InChI is InChI=1S/C23H25F4N5O3S/c24-21(25)15-6-10-31(11-7-15)18-14-16(30-36(34)35)4-5-17(18)22(33)29-19-2-1-3-20(28-19)32-12-8-23(26,27)9-13-32/h1-5,14,30H,6-13H2,(H,34,35)(H,28,29,33). The van der Waals surface area contributed by atoms with Crippen molar-refractivity contribution in [2.45, 2.75) is 31.6 Å². The van der Waals surface area contributed by atoms with Gasteiger partial charge in [-0.1, -0.05) is 6.07 Å². The maximum Gasteiger partial charge on any atom is 0.269 e. The highest BCUT2D eigenvalue weighted by Gasteiger charge is 2.34. The molecule has 1 unspecified atom stereocenters. The summed E-state index contributed by atoms with van der Waals surface area (Å²) in [5.74, 6) is -2.52. The SMILES string of the molecule is O=C(Nc1cccc(N2CCC(F)(F)CC2)n1)c1ccc(NS(=O)O)cc1N1CCC(=C(F)F)CC1. The molecule has 0 aliphatic carbocycles. The lowest BCUT2D eigenvalue weighted by Crippen LogP contribution is -2.39. The highest BCUT2D eigenvalue weighted by molar-refractivity contribution is 7.80. The molecule has 1 atom stereocenters. The zero-order chi connectivity index (χ0) is 25.9. The number of nitrogens with one attached hydrogen (secondary N) is 2. The summed E-state index contributed by atoms with van der Waals surface area (Å²) in [6, 6.07) is 9.37. The van der Waals surface area contributed by atoms with Crippen molar-refractivity contribution < 1.29 is 31.1 Å². The second-order valence-corrected chi connectivity index (χ2v) is 9.31. The summed E-state index contributed by atoms with van der Waals surface area (Å²) in [5, 5.41) is 2.71. The van der Waals surface area contributed by atoms with Crippen LogP contribution >= 0.6 is 0 Å². The van der Waals surface area contributed by atoms with E-state index in [0.717, 1.165) is 0 Å². The molecular formula is C23H25F4N5O3S. The normalized spacial score (nSPS) is 18.5. The maximum absolute atomic E-state index is 13.5. The average molecular weight is 528 g/mol. The van der Waals surface area contributed by atoms with Gasteiger partial charge >= 0.3 is 0 Å². The van der Waals surface area contributed by atoms with Crippen molar-refractivity contribution in [1.82, 2.24) is 4.98 Å². The van der Waals surface area contributed by atoms with E-state index in [4.69, 9.17) is 4.55 Å². The quantitative estimate of drug-likeness (QED) is 0.367. The predicted octanol–water partition coefficient (Wildman–Crippen LogP) is 4.87. The number of anilines is 4. The topological polar surface area (TPSA) is 97.8 Å². The lowest BCUT2D eigenvalue weighted by Gasteiger charge is -2.32. The van der Waals surface area contributed by atoms with E-state index in [9.17, 15) is 26.6 Å². The van der Waals surface area contributed by atoms with E-state index in [1.54, 1.807) is 28.0 Å². The third-order valence-electron chi connectivity index (χ3n) is 6.22. The van der Waals surface area contributed by atoms with Crippen LogP contribution < -0.4 is 19.8 Å². The van der Waals surface area contributed by atoms with E-state index in [0.29, 0.717) is 11.5 Å². The molecule has 2 aromatic rings. The van der Waals surface area contributed by atoms with Gasteiger partial charge in [0.1, 0.15) is 11.6 Å². The summed E-state index contributed by atoms with van der Waals surface area (Å²) in [7, 11) is 0. The highest BCUT2D eigenvalue weighted by atomic mass is 32.2. The number of carbonyl (C=O) groups excluding carboxylic acids is 1. The van der Waals surface area contributed by atoms with Crippen LogP contribution in [0, 0.1) is 0 Å². The summed E-state index contributed by atoms with van der Waals surface area (Å²) in [4.78, 5) is 21.1. The number of piperidine rings is 2. The fraction of sp³-hybridized carbons (Fsp3) is 0.391. The molecule has 194 valence electrons. The molecule has 0 bridgehead atoms. The van der Waals surface area contributed by atoms with E-state index in [1.807, 2.05) is 0 Å². The Kier molecular flexibility index (Phi) is 7.79. The van der Waals surface area contributed by atoms with Crippen LogP contribution in [0.2, 0.25) is 0 Å². The van der Waals surface area contributed by atoms with Gasteiger partial charge in [0, 0.05) is 39.0 Å². The van der Waals surface area contributed by atoms with Crippen LogP contribution in [-0.4, -0.2) is 51.8 Å². The van der Waals surface area contributed by atoms with Crippen molar-refractivity contribution in [3.05, 3.63) is 53.6 Å². The molecule has 13 heteroatoms. The second-order valence-electron chi connectivity index (χ2n) is 8.61. The molecule has 4 rings (SSSR count). The van der Waals surface area contributed by atoms with Crippen LogP contribution in [0.25, 0.3) is 0 Å². The first-order valence-corrected chi connectivity index (χ1v) is 12.4. The number of halogens is 4. The van der Waals surface area contributed by atoms with Crippen molar-refractivity contribution in [3.8, 4) is 0 Å². The van der Waals surface area contributed by atoms with Gasteiger partial charge in [-0.15, -0.1) is 0 Å². The molecular weight excluding hydrogens is 502 g/mol. The van der Waals surface area contributed by atoms with E-state index < -0.39 is 29.2 Å². The summed E-state index contributed by atoms with van der Waals surface area (Å²) >= 11 is -2.34. The monoisotopic (exact) mass is 527 g/mol. The van der Waals surface area contributed by atoms with E-state index in [1.165, 1.54) is 18.2 Å². The Bertz CT molecular complexity index is 1170. The van der Waals surface area contributed by atoms with Crippen molar-refractivity contribution in [3.63, 3.8) is 0 Å². The fourth-order valence-corrected chi connectivity index (χ4v) is 4.60. The Morgan fingerprint density at radius 1 is 1.03 bits per heavy atom. The van der Waals surface area contributed by atoms with Gasteiger partial charge < -0.3 is 15.1 Å². The Hall–Kier alpha value is -3.19. The Morgan fingerprint density at radius 2 is 1.72 bits per heavy atom. The maximum atomic E-state index is 13.5. The van der Waals surface area contributed by atoms with Crippen molar-refractivity contribution in [1.29, 1.82) is 0 Å². The number of aromatic nitrogens is 1. The molecule has 3 N–H and O–H groups in total. The average Bonchev–Trinajstić information content (AvgIpc) is 2.84. The third-order valence-corrected chi connectivity index (χ3v) is 6.63. The molecule has 2 fully saturated rings. The van der Waals surface area contributed by atoms with Gasteiger partial charge in [-0.2, -0.15) is 8.78 Å². The van der Waals surface area contributed by atoms with Crippen LogP contribution in [0.1, 0.15) is 36.0 Å². The van der Waals surface area contributed by atoms with Crippen LogP contribution in [0.4, 0.5) is 40.6 Å². The molecule has 1 amide bonds. The van der Waals surface area contributed by atoms with Crippen LogP contribution in [-0.2, 0) is 11.3 Å². The van der Waals surface area contributed by atoms with Crippen LogP contribution in [0.3, 0.4) is 0 Å². The Morgan fingerprint density at radius 3 is 2.36 bits per heavy atom. The number of rotatable bonds is 6. The van der Waals surface area contributed by atoms with E-state index >= 15 is 0 Å². The number of alkyl halides is 2. The zero-order valence-electron chi connectivity index (χ0n) is 19.1. The number of benzene rings is 1. The largest absolute Gasteiger partial charge is 0.370 e. The molecule has 0 saturated carbocycles. The van der Waals surface area contributed by atoms with Gasteiger partial charge in [-0.25, -0.2) is 18.0 Å². The second kappa shape index (κ2) is 10.8. The summed E-state index contributed by atoms with van der Waals surface area (Å²) in [6.45, 7) is 0.776. The van der Waals surface area contributed by atoms with Crippen LogP contribution in [0.15, 0.2) is 48.1 Å². The number of hydrogen-bond donors (Lipinski definition) is 3. The molecule has 3 heterocycles. The highest BCUT2D eigenvalue weighted by Crippen LogP contribution is 2.32.